The average molecular weight is 403 g/mol. The standard InChI is InChI=1S/C22H27FN2O2S/c1-15(10-17-12-25-20(11-23)16(17)2)24-13-18(26)14-27-21-7-4-3-6-19(21)22-8-5-9-28-22/h3-9,12,15,18,24-26H,10-11,13-14H2,1-2H3/t15-,18?/m0/s1. The molecule has 3 aromatic rings. The van der Waals surface area contributed by atoms with E-state index in [1.165, 1.54) is 0 Å². The summed E-state index contributed by atoms with van der Waals surface area (Å²) < 4.78 is 18.7. The Labute approximate surface area is 169 Å². The number of thiophene rings is 1. The van der Waals surface area contributed by atoms with Crippen LogP contribution in [0.2, 0.25) is 0 Å². The minimum atomic E-state index is -0.618. The largest absolute Gasteiger partial charge is 0.490 e. The molecule has 0 saturated heterocycles. The fraction of sp³-hybridized carbons (Fsp3) is 0.364. The van der Waals surface area contributed by atoms with Crippen LogP contribution in [0.1, 0.15) is 23.7 Å². The topological polar surface area (TPSA) is 57.3 Å². The van der Waals surface area contributed by atoms with Gasteiger partial charge in [0.25, 0.3) is 0 Å². The van der Waals surface area contributed by atoms with Gasteiger partial charge in [-0.05, 0) is 55.0 Å². The molecule has 4 nitrogen and oxygen atoms in total. The Bertz CT molecular complexity index is 863. The van der Waals surface area contributed by atoms with Gasteiger partial charge in [-0.15, -0.1) is 11.3 Å². The minimum absolute atomic E-state index is 0.162. The van der Waals surface area contributed by atoms with Crippen LogP contribution in [0.5, 0.6) is 5.75 Å². The van der Waals surface area contributed by atoms with Crippen molar-refractivity contribution in [3.8, 4) is 16.2 Å². The SMILES string of the molecule is Cc1c(C[C@H](C)NCC(O)COc2ccccc2-c2cccs2)c[nH]c1CF. The maximum absolute atomic E-state index is 12.8. The van der Waals surface area contributed by atoms with Gasteiger partial charge in [0.05, 0.1) is 0 Å². The van der Waals surface area contributed by atoms with E-state index in [-0.39, 0.29) is 12.6 Å². The molecule has 150 valence electrons. The van der Waals surface area contributed by atoms with Crippen LogP contribution in [0.3, 0.4) is 0 Å². The number of halogens is 1. The summed E-state index contributed by atoms with van der Waals surface area (Å²) in [6, 6.07) is 12.1. The van der Waals surface area contributed by atoms with E-state index in [0.717, 1.165) is 33.7 Å². The fourth-order valence-electron chi connectivity index (χ4n) is 3.15. The van der Waals surface area contributed by atoms with Gasteiger partial charge in [0.15, 0.2) is 0 Å². The van der Waals surface area contributed by atoms with Gasteiger partial charge >= 0.3 is 0 Å². The van der Waals surface area contributed by atoms with E-state index in [9.17, 15) is 9.50 Å². The van der Waals surface area contributed by atoms with E-state index in [4.69, 9.17) is 4.74 Å². The van der Waals surface area contributed by atoms with Crippen molar-refractivity contribution in [1.29, 1.82) is 0 Å². The first-order chi connectivity index (χ1) is 13.6. The molecule has 6 heteroatoms. The number of benzene rings is 1. The molecular formula is C22H27FN2O2S. The summed E-state index contributed by atoms with van der Waals surface area (Å²) in [5, 5.41) is 15.7. The third-order valence-corrected chi connectivity index (χ3v) is 5.72. The van der Waals surface area contributed by atoms with Crippen molar-refractivity contribution in [1.82, 2.24) is 10.3 Å². The zero-order valence-corrected chi connectivity index (χ0v) is 17.1. The quantitative estimate of drug-likeness (QED) is 0.469. The number of rotatable bonds is 10. The molecule has 2 heterocycles. The molecule has 0 amide bonds. The Morgan fingerprint density at radius 1 is 1.25 bits per heavy atom. The molecule has 1 unspecified atom stereocenters. The van der Waals surface area contributed by atoms with E-state index in [0.29, 0.717) is 12.2 Å². The van der Waals surface area contributed by atoms with Crippen LogP contribution in [0, 0.1) is 6.92 Å². The monoisotopic (exact) mass is 402 g/mol. The first-order valence-corrected chi connectivity index (χ1v) is 10.3. The zero-order chi connectivity index (χ0) is 19.9. The number of aromatic amines is 1. The molecule has 2 aromatic heterocycles. The van der Waals surface area contributed by atoms with Crippen LogP contribution in [-0.2, 0) is 13.1 Å². The lowest BCUT2D eigenvalue weighted by atomic mass is 10.1. The van der Waals surface area contributed by atoms with Gasteiger partial charge < -0.3 is 20.1 Å². The van der Waals surface area contributed by atoms with Crippen LogP contribution in [-0.4, -0.2) is 35.4 Å². The maximum atomic E-state index is 12.8. The zero-order valence-electron chi connectivity index (χ0n) is 16.2. The van der Waals surface area contributed by atoms with Gasteiger partial charge in [0.2, 0.25) is 0 Å². The number of ether oxygens (including phenoxy) is 1. The average Bonchev–Trinajstić information content (AvgIpc) is 3.35. The van der Waals surface area contributed by atoms with Gasteiger partial charge in [0, 0.05) is 34.9 Å². The summed E-state index contributed by atoms with van der Waals surface area (Å²) in [6.07, 6.45) is 2.02. The smallest absolute Gasteiger partial charge is 0.129 e. The highest BCUT2D eigenvalue weighted by atomic mass is 32.1. The third kappa shape index (κ3) is 5.22. The summed E-state index contributed by atoms with van der Waals surface area (Å²) in [6.45, 7) is 4.16. The van der Waals surface area contributed by atoms with Crippen molar-refractivity contribution in [3.05, 3.63) is 64.8 Å². The maximum Gasteiger partial charge on any atom is 0.129 e. The van der Waals surface area contributed by atoms with E-state index in [2.05, 4.69) is 23.3 Å². The molecule has 0 saturated carbocycles. The Hall–Kier alpha value is -2.15. The van der Waals surface area contributed by atoms with Crippen LogP contribution in [0.15, 0.2) is 48.0 Å². The van der Waals surface area contributed by atoms with Crippen molar-refractivity contribution in [3.63, 3.8) is 0 Å². The summed E-state index contributed by atoms with van der Waals surface area (Å²) in [5.74, 6) is 0.777. The van der Waals surface area contributed by atoms with Gasteiger partial charge in [-0.25, -0.2) is 4.39 Å². The summed E-state index contributed by atoms with van der Waals surface area (Å²) >= 11 is 1.66. The second-order valence-electron chi connectivity index (χ2n) is 7.00. The third-order valence-electron chi connectivity index (χ3n) is 4.82. The summed E-state index contributed by atoms with van der Waals surface area (Å²) in [7, 11) is 0. The number of H-pyrrole nitrogens is 1. The molecule has 1 aromatic carbocycles. The predicted octanol–water partition coefficient (Wildman–Crippen LogP) is 4.48. The lowest BCUT2D eigenvalue weighted by Crippen LogP contribution is -2.37. The van der Waals surface area contributed by atoms with Crippen LogP contribution < -0.4 is 10.1 Å². The number of nitrogens with one attached hydrogen (secondary N) is 2. The van der Waals surface area contributed by atoms with Crippen molar-refractivity contribution >= 4 is 11.3 Å². The second kappa shape index (κ2) is 9.87. The molecule has 0 radical (unpaired) electrons. The molecule has 0 bridgehead atoms. The van der Waals surface area contributed by atoms with E-state index in [1.807, 2.05) is 48.8 Å². The van der Waals surface area contributed by atoms with Gasteiger partial charge in [-0.2, -0.15) is 0 Å². The number of aromatic nitrogens is 1. The normalized spacial score (nSPS) is 13.4. The molecule has 0 aliphatic heterocycles. The Kier molecular flexibility index (Phi) is 7.25. The van der Waals surface area contributed by atoms with Gasteiger partial charge in [-0.1, -0.05) is 18.2 Å². The number of aliphatic hydroxyl groups excluding tert-OH is 1. The minimum Gasteiger partial charge on any atom is -0.490 e. The number of hydrogen-bond donors (Lipinski definition) is 3. The van der Waals surface area contributed by atoms with Gasteiger partial charge in [0.1, 0.15) is 25.1 Å². The van der Waals surface area contributed by atoms with Crippen LogP contribution in [0.25, 0.3) is 10.4 Å². The van der Waals surface area contributed by atoms with E-state index < -0.39 is 12.8 Å². The lowest BCUT2D eigenvalue weighted by Gasteiger charge is -2.18. The number of para-hydroxylation sites is 1. The molecule has 0 fully saturated rings. The summed E-state index contributed by atoms with van der Waals surface area (Å²) in [4.78, 5) is 4.12. The highest BCUT2D eigenvalue weighted by Crippen LogP contribution is 2.32. The fourth-order valence-corrected chi connectivity index (χ4v) is 3.90. The number of alkyl halides is 1. The van der Waals surface area contributed by atoms with Crippen molar-refractivity contribution < 1.29 is 14.2 Å². The second-order valence-corrected chi connectivity index (χ2v) is 7.95. The molecule has 0 aliphatic rings. The van der Waals surface area contributed by atoms with Crippen LogP contribution >= 0.6 is 11.3 Å². The molecule has 0 spiro atoms. The molecule has 0 aliphatic carbocycles. The summed E-state index contributed by atoms with van der Waals surface area (Å²) in [5.41, 5.74) is 3.76. The Balaban J connectivity index is 1.47. The highest BCUT2D eigenvalue weighted by Gasteiger charge is 2.13. The van der Waals surface area contributed by atoms with Crippen molar-refractivity contribution in [2.24, 2.45) is 0 Å². The molecule has 28 heavy (non-hydrogen) atoms. The molecule has 3 N–H and O–H groups in total. The Morgan fingerprint density at radius 2 is 2.07 bits per heavy atom. The number of hydrogen-bond acceptors (Lipinski definition) is 4. The number of aliphatic hydroxyl groups is 1. The van der Waals surface area contributed by atoms with Crippen molar-refractivity contribution in [2.45, 2.75) is 39.1 Å². The molecule has 3 rings (SSSR count). The lowest BCUT2D eigenvalue weighted by molar-refractivity contribution is 0.104. The first-order valence-electron chi connectivity index (χ1n) is 9.47. The van der Waals surface area contributed by atoms with E-state index in [1.54, 1.807) is 11.3 Å². The Morgan fingerprint density at radius 3 is 2.79 bits per heavy atom. The molecular weight excluding hydrogens is 375 g/mol. The molecule has 2 atom stereocenters. The van der Waals surface area contributed by atoms with Gasteiger partial charge in [-0.3, -0.25) is 0 Å². The van der Waals surface area contributed by atoms with Crippen LogP contribution in [0.4, 0.5) is 4.39 Å². The highest BCUT2D eigenvalue weighted by molar-refractivity contribution is 7.13. The first kappa shape index (κ1) is 20.6. The predicted molar refractivity (Wildman–Crippen MR) is 113 cm³/mol. The van der Waals surface area contributed by atoms with E-state index >= 15 is 0 Å². The van der Waals surface area contributed by atoms with Crippen molar-refractivity contribution in [2.75, 3.05) is 13.2 Å².